The van der Waals surface area contributed by atoms with E-state index in [1.165, 1.54) is 0 Å². The van der Waals surface area contributed by atoms with Gasteiger partial charge in [-0.05, 0) is 55.3 Å². The highest BCUT2D eigenvalue weighted by atomic mass is 35.5. The minimum Gasteiger partial charge on any atom is -0.492 e. The topological polar surface area (TPSA) is 27.1 Å². The van der Waals surface area contributed by atoms with Gasteiger partial charge in [0, 0.05) is 17.1 Å². The molecule has 148 valence electrons. The Morgan fingerprint density at radius 1 is 0.828 bits per heavy atom. The zero-order chi connectivity index (χ0) is 20.2. The van der Waals surface area contributed by atoms with Gasteiger partial charge in [0.1, 0.15) is 11.6 Å². The summed E-state index contributed by atoms with van der Waals surface area (Å²) in [5, 5.41) is 1.84. The fraction of sp³-hybridized carbons (Fsp3) is 0.174. The predicted molar refractivity (Wildman–Crippen MR) is 121 cm³/mol. The molecule has 1 heterocycles. The smallest absolute Gasteiger partial charge is 0.142 e. The third kappa shape index (κ3) is 4.53. The molecule has 6 heteroatoms. The molecule has 0 N–H and O–H groups in total. The Bertz CT molecular complexity index is 1140. The predicted octanol–water partition coefficient (Wildman–Crippen LogP) is 7.52. The summed E-state index contributed by atoms with van der Waals surface area (Å²) < 4.78 is 8.01. The molecule has 0 radical (unpaired) electrons. The monoisotopic (exact) mass is 444 g/mol. The number of hydrogen-bond donors (Lipinski definition) is 0. The molecule has 4 rings (SSSR count). The number of rotatable bonds is 7. The molecule has 0 aliphatic heterocycles. The zero-order valence-corrected chi connectivity index (χ0v) is 17.9. The molecule has 3 nitrogen and oxygen atoms in total. The van der Waals surface area contributed by atoms with E-state index in [9.17, 15) is 0 Å². The molecular formula is C23H19Cl3N2O. The van der Waals surface area contributed by atoms with Gasteiger partial charge in [0.25, 0.3) is 0 Å². The Hall–Kier alpha value is -2.20. The number of ether oxygens (including phenoxy) is 1. The molecule has 0 amide bonds. The molecule has 0 aliphatic rings. The molecule has 0 spiro atoms. The number of benzene rings is 3. The first-order valence-corrected chi connectivity index (χ1v) is 10.5. The van der Waals surface area contributed by atoms with E-state index in [0.717, 1.165) is 47.6 Å². The molecule has 29 heavy (non-hydrogen) atoms. The number of hydrogen-bond acceptors (Lipinski definition) is 2. The lowest BCUT2D eigenvalue weighted by molar-refractivity contribution is 0.304. The summed E-state index contributed by atoms with van der Waals surface area (Å²) in [4.78, 5) is 4.82. The van der Waals surface area contributed by atoms with Gasteiger partial charge in [-0.1, -0.05) is 59.1 Å². The van der Waals surface area contributed by atoms with Gasteiger partial charge < -0.3 is 9.30 Å². The summed E-state index contributed by atoms with van der Waals surface area (Å²) in [5.74, 6) is 1.57. The summed E-state index contributed by atoms with van der Waals surface area (Å²) in [5.41, 5.74) is 2.90. The van der Waals surface area contributed by atoms with E-state index < -0.39 is 0 Å². The van der Waals surface area contributed by atoms with Crippen molar-refractivity contribution in [3.63, 3.8) is 0 Å². The lowest BCUT2D eigenvalue weighted by Crippen LogP contribution is -2.04. The van der Waals surface area contributed by atoms with Crippen molar-refractivity contribution in [1.29, 1.82) is 0 Å². The number of halogens is 3. The Balaban J connectivity index is 1.51. The molecule has 4 aromatic rings. The number of aryl methyl sites for hydroxylation is 1. The fourth-order valence-electron chi connectivity index (χ4n) is 3.29. The van der Waals surface area contributed by atoms with Crippen molar-refractivity contribution in [3.8, 4) is 17.1 Å². The highest BCUT2D eigenvalue weighted by Crippen LogP contribution is 2.32. The Morgan fingerprint density at radius 3 is 2.45 bits per heavy atom. The maximum atomic E-state index is 6.46. The van der Waals surface area contributed by atoms with Gasteiger partial charge in [-0.25, -0.2) is 4.98 Å². The molecule has 1 aromatic heterocycles. The number of unbranched alkanes of at least 4 members (excludes halogenated alkanes) is 1. The molecule has 0 fully saturated rings. The third-order valence-electron chi connectivity index (χ3n) is 4.70. The van der Waals surface area contributed by atoms with E-state index in [0.29, 0.717) is 21.7 Å². The van der Waals surface area contributed by atoms with Crippen molar-refractivity contribution in [2.24, 2.45) is 0 Å². The fourth-order valence-corrected chi connectivity index (χ4v) is 3.98. The van der Waals surface area contributed by atoms with Gasteiger partial charge in [-0.2, -0.15) is 0 Å². The molecule has 3 aromatic carbocycles. The van der Waals surface area contributed by atoms with Gasteiger partial charge in [-0.15, -0.1) is 0 Å². The average Bonchev–Trinajstić information content (AvgIpc) is 3.07. The van der Waals surface area contributed by atoms with Crippen LogP contribution in [0.2, 0.25) is 15.1 Å². The van der Waals surface area contributed by atoms with Crippen molar-refractivity contribution in [3.05, 3.63) is 81.8 Å². The van der Waals surface area contributed by atoms with Gasteiger partial charge in [0.05, 0.1) is 27.7 Å². The molecule has 0 saturated carbocycles. The molecular weight excluding hydrogens is 427 g/mol. The molecule has 0 atom stereocenters. The zero-order valence-electron chi connectivity index (χ0n) is 15.6. The summed E-state index contributed by atoms with van der Waals surface area (Å²) in [6.45, 7) is 1.41. The summed E-state index contributed by atoms with van der Waals surface area (Å²) in [7, 11) is 0. The number of nitrogens with zero attached hydrogens (tertiary/aromatic N) is 2. The van der Waals surface area contributed by atoms with E-state index in [1.807, 2.05) is 54.6 Å². The van der Waals surface area contributed by atoms with Gasteiger partial charge >= 0.3 is 0 Å². The maximum Gasteiger partial charge on any atom is 0.142 e. The van der Waals surface area contributed by atoms with Crippen LogP contribution in [-0.4, -0.2) is 16.2 Å². The minimum atomic E-state index is 0.594. The first-order valence-electron chi connectivity index (χ1n) is 9.41. The number of fused-ring (bicyclic) bond motifs is 1. The van der Waals surface area contributed by atoms with Crippen LogP contribution in [0.1, 0.15) is 12.8 Å². The molecule has 0 unspecified atom stereocenters. The standard InChI is InChI=1S/C23H19Cl3N2O/c24-16-11-12-17(19(26)15-16)23-27-20-8-2-3-9-21(20)28(23)13-5-6-14-29-22-10-4-1-7-18(22)25/h1-4,7-12,15H,5-6,13-14H2. The van der Waals surface area contributed by atoms with Crippen LogP contribution < -0.4 is 4.74 Å². The summed E-state index contributed by atoms with van der Waals surface area (Å²) >= 11 is 18.7. The van der Waals surface area contributed by atoms with Gasteiger partial charge in [-0.3, -0.25) is 0 Å². The molecule has 0 bridgehead atoms. The number of imidazole rings is 1. The quantitative estimate of drug-likeness (QED) is 0.275. The largest absolute Gasteiger partial charge is 0.492 e. The van der Waals surface area contributed by atoms with Crippen LogP contribution in [0.25, 0.3) is 22.4 Å². The Kier molecular flexibility index (Phi) is 6.29. The number of aromatic nitrogens is 2. The van der Waals surface area contributed by atoms with E-state index in [4.69, 9.17) is 44.5 Å². The normalized spacial score (nSPS) is 11.1. The van der Waals surface area contributed by atoms with E-state index in [1.54, 1.807) is 6.07 Å². The molecule has 0 saturated heterocycles. The van der Waals surface area contributed by atoms with Crippen molar-refractivity contribution in [2.75, 3.05) is 6.61 Å². The second-order valence-corrected chi connectivity index (χ2v) is 7.94. The minimum absolute atomic E-state index is 0.594. The van der Waals surface area contributed by atoms with E-state index in [-0.39, 0.29) is 0 Å². The lowest BCUT2D eigenvalue weighted by atomic mass is 10.2. The highest BCUT2D eigenvalue weighted by Gasteiger charge is 2.15. The summed E-state index contributed by atoms with van der Waals surface area (Å²) in [6.07, 6.45) is 1.83. The van der Waals surface area contributed by atoms with E-state index in [2.05, 4.69) is 10.6 Å². The van der Waals surface area contributed by atoms with Crippen LogP contribution >= 0.6 is 34.8 Å². The van der Waals surface area contributed by atoms with Crippen LogP contribution in [-0.2, 0) is 6.54 Å². The first-order chi connectivity index (χ1) is 14.1. The number of para-hydroxylation sites is 3. The van der Waals surface area contributed by atoms with Crippen LogP contribution in [0.3, 0.4) is 0 Å². The van der Waals surface area contributed by atoms with Crippen LogP contribution in [0.5, 0.6) is 5.75 Å². The van der Waals surface area contributed by atoms with Gasteiger partial charge in [0.15, 0.2) is 0 Å². The lowest BCUT2D eigenvalue weighted by Gasteiger charge is -2.12. The average molecular weight is 446 g/mol. The maximum absolute atomic E-state index is 6.46. The second kappa shape index (κ2) is 9.08. The highest BCUT2D eigenvalue weighted by molar-refractivity contribution is 6.36. The van der Waals surface area contributed by atoms with Crippen molar-refractivity contribution in [2.45, 2.75) is 19.4 Å². The van der Waals surface area contributed by atoms with Crippen LogP contribution in [0.15, 0.2) is 66.7 Å². The van der Waals surface area contributed by atoms with Crippen molar-refractivity contribution in [1.82, 2.24) is 9.55 Å². The first kappa shape index (κ1) is 20.1. The van der Waals surface area contributed by atoms with Gasteiger partial charge in [0.2, 0.25) is 0 Å². The Labute approximate surface area is 184 Å². The van der Waals surface area contributed by atoms with Crippen molar-refractivity contribution >= 4 is 45.8 Å². The third-order valence-corrected chi connectivity index (χ3v) is 5.56. The SMILES string of the molecule is Clc1ccc(-c2nc3ccccc3n2CCCCOc2ccccc2Cl)c(Cl)c1. The van der Waals surface area contributed by atoms with E-state index >= 15 is 0 Å². The van der Waals surface area contributed by atoms with Crippen molar-refractivity contribution < 1.29 is 4.74 Å². The van der Waals surface area contributed by atoms with Crippen LogP contribution in [0, 0.1) is 0 Å². The Morgan fingerprint density at radius 2 is 1.62 bits per heavy atom. The van der Waals surface area contributed by atoms with Crippen LogP contribution in [0.4, 0.5) is 0 Å². The molecule has 0 aliphatic carbocycles. The summed E-state index contributed by atoms with van der Waals surface area (Å²) in [6, 6.07) is 21.1. The second-order valence-electron chi connectivity index (χ2n) is 6.69.